The third-order valence-corrected chi connectivity index (χ3v) is 4.83. The zero-order valence-electron chi connectivity index (χ0n) is 14.5. The summed E-state index contributed by atoms with van der Waals surface area (Å²) in [5, 5.41) is 5.05. The summed E-state index contributed by atoms with van der Waals surface area (Å²) in [6.07, 6.45) is -0.389. The Kier molecular flexibility index (Phi) is 7.26. The van der Waals surface area contributed by atoms with E-state index >= 15 is 0 Å². The lowest BCUT2D eigenvalue weighted by atomic mass is 10.2. The number of methoxy groups -OCH3 is 3. The zero-order valence-corrected chi connectivity index (χ0v) is 16.1. The monoisotopic (exact) mass is 398 g/mol. The Morgan fingerprint density at radius 3 is 2.46 bits per heavy atom. The highest BCUT2D eigenvalue weighted by Gasteiger charge is 2.19. The fourth-order valence-corrected chi connectivity index (χ4v) is 3.29. The number of amides is 2. The zero-order chi connectivity index (χ0) is 19.1. The van der Waals surface area contributed by atoms with Crippen molar-refractivity contribution in [1.29, 1.82) is 0 Å². The second-order valence-corrected chi connectivity index (χ2v) is 6.84. The maximum absolute atomic E-state index is 12.1. The third-order valence-electron chi connectivity index (χ3n) is 3.51. The highest BCUT2D eigenvalue weighted by Crippen LogP contribution is 2.29. The van der Waals surface area contributed by atoms with Crippen LogP contribution in [-0.2, 0) is 14.3 Å². The highest BCUT2D eigenvalue weighted by molar-refractivity contribution is 7.16. The maximum atomic E-state index is 12.1. The van der Waals surface area contributed by atoms with Gasteiger partial charge >= 0.3 is 11.8 Å². The van der Waals surface area contributed by atoms with E-state index in [1.54, 1.807) is 24.3 Å². The van der Waals surface area contributed by atoms with Crippen LogP contribution in [0.3, 0.4) is 0 Å². The van der Waals surface area contributed by atoms with Gasteiger partial charge in [0, 0.05) is 24.6 Å². The number of rotatable bonds is 7. The summed E-state index contributed by atoms with van der Waals surface area (Å²) in [6.45, 7) is 0.138. The first-order valence-electron chi connectivity index (χ1n) is 7.57. The second-order valence-electron chi connectivity index (χ2n) is 5.10. The summed E-state index contributed by atoms with van der Waals surface area (Å²) in [4.78, 5) is 25.0. The molecule has 2 amide bonds. The number of ether oxygens (including phenoxy) is 3. The molecule has 0 fully saturated rings. The molecule has 2 N–H and O–H groups in total. The number of benzene rings is 1. The molecule has 0 saturated heterocycles. The summed E-state index contributed by atoms with van der Waals surface area (Å²) >= 11 is 7.26. The van der Waals surface area contributed by atoms with Crippen molar-refractivity contribution in [3.8, 4) is 11.5 Å². The second kappa shape index (κ2) is 9.42. The van der Waals surface area contributed by atoms with Crippen molar-refractivity contribution in [1.82, 2.24) is 5.32 Å². The summed E-state index contributed by atoms with van der Waals surface area (Å²) in [6, 6.07) is 8.41. The predicted molar refractivity (Wildman–Crippen MR) is 100 cm³/mol. The molecule has 2 aromatic rings. The summed E-state index contributed by atoms with van der Waals surface area (Å²) < 4.78 is 16.2. The number of carbonyl (C=O) groups excluding carboxylic acids is 2. The lowest BCUT2D eigenvalue weighted by Crippen LogP contribution is -2.37. The molecule has 9 heteroatoms. The van der Waals surface area contributed by atoms with Gasteiger partial charge in [0.05, 0.1) is 24.2 Å². The van der Waals surface area contributed by atoms with E-state index < -0.39 is 11.8 Å². The maximum Gasteiger partial charge on any atom is 0.313 e. The van der Waals surface area contributed by atoms with Gasteiger partial charge in [0.25, 0.3) is 0 Å². The molecule has 26 heavy (non-hydrogen) atoms. The van der Waals surface area contributed by atoms with E-state index in [0.29, 0.717) is 21.5 Å². The largest absolute Gasteiger partial charge is 0.497 e. The van der Waals surface area contributed by atoms with Gasteiger partial charge in [0.2, 0.25) is 0 Å². The number of thiophene rings is 1. The van der Waals surface area contributed by atoms with Crippen molar-refractivity contribution in [3.63, 3.8) is 0 Å². The molecule has 0 aliphatic rings. The van der Waals surface area contributed by atoms with Crippen LogP contribution in [0.1, 0.15) is 11.0 Å². The first-order chi connectivity index (χ1) is 12.5. The van der Waals surface area contributed by atoms with E-state index in [9.17, 15) is 9.59 Å². The van der Waals surface area contributed by atoms with Crippen LogP contribution in [0.15, 0.2) is 30.3 Å². The molecule has 0 saturated carbocycles. The molecule has 0 aliphatic heterocycles. The Labute approximate surface area is 160 Å². The molecular weight excluding hydrogens is 380 g/mol. The van der Waals surface area contributed by atoms with Gasteiger partial charge in [-0.25, -0.2) is 0 Å². The minimum absolute atomic E-state index is 0.138. The fraction of sp³-hybridized carbons (Fsp3) is 0.294. The van der Waals surface area contributed by atoms with Gasteiger partial charge in [-0.3, -0.25) is 9.59 Å². The summed E-state index contributed by atoms with van der Waals surface area (Å²) in [5.74, 6) is -0.643. The Morgan fingerprint density at radius 1 is 1.12 bits per heavy atom. The van der Waals surface area contributed by atoms with Crippen LogP contribution in [-0.4, -0.2) is 39.7 Å². The van der Waals surface area contributed by atoms with Gasteiger partial charge in [-0.2, -0.15) is 0 Å². The minimum Gasteiger partial charge on any atom is -0.497 e. The first-order valence-corrected chi connectivity index (χ1v) is 8.77. The van der Waals surface area contributed by atoms with Crippen LogP contribution in [0.25, 0.3) is 0 Å². The Morgan fingerprint density at radius 2 is 1.88 bits per heavy atom. The molecule has 1 aromatic carbocycles. The van der Waals surface area contributed by atoms with Crippen LogP contribution in [0, 0.1) is 0 Å². The molecule has 2 rings (SSSR count). The van der Waals surface area contributed by atoms with Crippen molar-refractivity contribution >= 4 is 40.4 Å². The molecule has 0 aliphatic carbocycles. The normalized spacial score (nSPS) is 11.5. The Balaban J connectivity index is 1.96. The molecule has 1 unspecified atom stereocenters. The Hall–Kier alpha value is -2.29. The molecule has 0 spiro atoms. The lowest BCUT2D eigenvalue weighted by Gasteiger charge is -2.15. The van der Waals surface area contributed by atoms with Crippen LogP contribution in [0.2, 0.25) is 4.34 Å². The number of halogens is 1. The summed E-state index contributed by atoms with van der Waals surface area (Å²) in [5.41, 5.74) is 0.363. The van der Waals surface area contributed by atoms with Crippen molar-refractivity contribution in [2.24, 2.45) is 0 Å². The number of nitrogens with one attached hydrogen (secondary N) is 2. The predicted octanol–water partition coefficient (Wildman–Crippen LogP) is 2.86. The van der Waals surface area contributed by atoms with Crippen molar-refractivity contribution in [3.05, 3.63) is 39.5 Å². The lowest BCUT2D eigenvalue weighted by molar-refractivity contribution is -0.136. The number of hydrogen-bond acceptors (Lipinski definition) is 6. The highest BCUT2D eigenvalue weighted by atomic mass is 35.5. The summed E-state index contributed by atoms with van der Waals surface area (Å²) in [7, 11) is 4.50. The van der Waals surface area contributed by atoms with Gasteiger partial charge in [-0.05, 0) is 24.3 Å². The number of hydrogen-bond donors (Lipinski definition) is 2. The van der Waals surface area contributed by atoms with E-state index in [-0.39, 0.29) is 12.6 Å². The minimum atomic E-state index is -0.812. The Bertz CT molecular complexity index is 780. The van der Waals surface area contributed by atoms with Crippen LogP contribution in [0.4, 0.5) is 5.69 Å². The van der Waals surface area contributed by atoms with Gasteiger partial charge in [0.1, 0.15) is 17.6 Å². The van der Waals surface area contributed by atoms with E-state index in [1.807, 2.05) is 6.07 Å². The van der Waals surface area contributed by atoms with Gasteiger partial charge in [0.15, 0.2) is 0 Å². The van der Waals surface area contributed by atoms with Crippen molar-refractivity contribution in [2.75, 3.05) is 33.2 Å². The number of carbonyl (C=O) groups is 2. The smallest absolute Gasteiger partial charge is 0.313 e. The standard InChI is InChI=1S/C17H19ClN2O5S/c1-23-10-4-5-11(12(8-10)24-2)20-17(22)16(21)19-9-13(25-3)14-6-7-15(18)26-14/h4-8,13H,9H2,1-3H3,(H,19,21)(H,20,22). The topological polar surface area (TPSA) is 85.9 Å². The molecule has 0 radical (unpaired) electrons. The van der Waals surface area contributed by atoms with E-state index in [0.717, 1.165) is 4.88 Å². The van der Waals surface area contributed by atoms with Gasteiger partial charge in [-0.15, -0.1) is 11.3 Å². The molecular formula is C17H19ClN2O5S. The third kappa shape index (κ3) is 5.10. The SMILES string of the molecule is COc1ccc(NC(=O)C(=O)NCC(OC)c2ccc(Cl)s2)c(OC)c1. The molecule has 0 bridgehead atoms. The van der Waals surface area contributed by atoms with Crippen molar-refractivity contribution < 1.29 is 23.8 Å². The number of anilines is 1. The van der Waals surface area contributed by atoms with Crippen LogP contribution < -0.4 is 20.1 Å². The molecule has 1 heterocycles. The van der Waals surface area contributed by atoms with Crippen LogP contribution >= 0.6 is 22.9 Å². The average molecular weight is 399 g/mol. The molecule has 140 valence electrons. The van der Waals surface area contributed by atoms with E-state index in [4.69, 9.17) is 25.8 Å². The fourth-order valence-electron chi connectivity index (χ4n) is 2.15. The van der Waals surface area contributed by atoms with Gasteiger partial charge < -0.3 is 24.8 Å². The average Bonchev–Trinajstić information content (AvgIpc) is 3.08. The van der Waals surface area contributed by atoms with Gasteiger partial charge in [-0.1, -0.05) is 11.6 Å². The van der Waals surface area contributed by atoms with E-state index in [2.05, 4.69) is 10.6 Å². The first kappa shape index (κ1) is 20.0. The van der Waals surface area contributed by atoms with E-state index in [1.165, 1.54) is 32.7 Å². The van der Waals surface area contributed by atoms with Crippen molar-refractivity contribution in [2.45, 2.75) is 6.10 Å². The van der Waals surface area contributed by atoms with Crippen LogP contribution in [0.5, 0.6) is 11.5 Å². The molecule has 1 atom stereocenters. The quantitative estimate of drug-likeness (QED) is 0.700. The molecule has 1 aromatic heterocycles. The molecule has 7 nitrogen and oxygen atoms in total.